The summed E-state index contributed by atoms with van der Waals surface area (Å²) in [4.78, 5) is 0. The predicted molar refractivity (Wildman–Crippen MR) is 79.3 cm³/mol. The summed E-state index contributed by atoms with van der Waals surface area (Å²) >= 11 is 3.24. The molecule has 1 atom stereocenters. The monoisotopic (exact) mass is 315 g/mol. The maximum Gasteiger partial charge on any atom is 0.137 e. The Balaban J connectivity index is 2.61. The van der Waals surface area contributed by atoms with Crippen LogP contribution in [0.15, 0.2) is 22.7 Å². The van der Waals surface area contributed by atoms with Crippen LogP contribution in [0.5, 0.6) is 0 Å². The van der Waals surface area contributed by atoms with E-state index in [-0.39, 0.29) is 5.82 Å². The van der Waals surface area contributed by atoms with E-state index in [9.17, 15) is 4.39 Å². The van der Waals surface area contributed by atoms with E-state index in [4.69, 9.17) is 0 Å². The van der Waals surface area contributed by atoms with Gasteiger partial charge in [-0.15, -0.1) is 0 Å². The smallest absolute Gasteiger partial charge is 0.137 e. The highest BCUT2D eigenvalue weighted by atomic mass is 79.9. The summed E-state index contributed by atoms with van der Waals surface area (Å²) < 4.78 is 13.7. The van der Waals surface area contributed by atoms with Gasteiger partial charge in [-0.1, -0.05) is 26.8 Å². The van der Waals surface area contributed by atoms with Gasteiger partial charge in [0.05, 0.1) is 4.47 Å². The first-order chi connectivity index (χ1) is 8.52. The molecule has 0 aliphatic heterocycles. The molecule has 0 bridgehead atoms. The Labute approximate surface area is 118 Å². The average molecular weight is 316 g/mol. The van der Waals surface area contributed by atoms with Gasteiger partial charge in [0, 0.05) is 6.04 Å². The van der Waals surface area contributed by atoms with Crippen LogP contribution in [0.1, 0.15) is 39.2 Å². The number of likely N-dealkylation sites (N-methyl/N-ethyl adjacent to an activating group) is 1. The van der Waals surface area contributed by atoms with Gasteiger partial charge in [-0.25, -0.2) is 4.39 Å². The van der Waals surface area contributed by atoms with Crippen molar-refractivity contribution in [3.8, 4) is 0 Å². The highest BCUT2D eigenvalue weighted by molar-refractivity contribution is 9.10. The fourth-order valence-electron chi connectivity index (χ4n) is 2.05. The summed E-state index contributed by atoms with van der Waals surface area (Å²) in [7, 11) is 0. The molecule has 0 spiro atoms. The van der Waals surface area contributed by atoms with Crippen LogP contribution in [0.4, 0.5) is 4.39 Å². The molecule has 1 N–H and O–H groups in total. The molecule has 1 rings (SSSR count). The Kier molecular flexibility index (Phi) is 6.87. The van der Waals surface area contributed by atoms with Gasteiger partial charge < -0.3 is 5.32 Å². The zero-order chi connectivity index (χ0) is 13.5. The van der Waals surface area contributed by atoms with E-state index in [1.165, 1.54) is 24.5 Å². The van der Waals surface area contributed by atoms with Gasteiger partial charge in [-0.2, -0.15) is 0 Å². The number of rotatable bonds is 7. The van der Waals surface area contributed by atoms with Crippen LogP contribution >= 0.6 is 15.9 Å². The fourth-order valence-corrected chi connectivity index (χ4v) is 2.48. The molecule has 0 aliphatic carbocycles. The summed E-state index contributed by atoms with van der Waals surface area (Å²) in [6.07, 6.45) is 3.35. The van der Waals surface area contributed by atoms with E-state index >= 15 is 0 Å². The molecule has 1 nitrogen and oxygen atoms in total. The third kappa shape index (κ3) is 5.49. The molecule has 0 aromatic heterocycles. The van der Waals surface area contributed by atoms with Crippen molar-refractivity contribution in [2.75, 3.05) is 6.54 Å². The third-order valence-electron chi connectivity index (χ3n) is 3.05. The number of halogens is 2. The van der Waals surface area contributed by atoms with Crippen LogP contribution in [0.2, 0.25) is 0 Å². The van der Waals surface area contributed by atoms with Crippen molar-refractivity contribution in [2.24, 2.45) is 5.92 Å². The van der Waals surface area contributed by atoms with Crippen molar-refractivity contribution < 1.29 is 4.39 Å². The average Bonchev–Trinajstić information content (AvgIpc) is 2.31. The normalized spacial score (nSPS) is 13.0. The largest absolute Gasteiger partial charge is 0.314 e. The van der Waals surface area contributed by atoms with Crippen LogP contribution in [-0.2, 0) is 6.42 Å². The lowest BCUT2D eigenvalue weighted by molar-refractivity contribution is 0.434. The molecule has 3 heteroatoms. The fraction of sp³-hybridized carbons (Fsp3) is 0.600. The van der Waals surface area contributed by atoms with E-state index in [1.54, 1.807) is 0 Å². The van der Waals surface area contributed by atoms with Gasteiger partial charge >= 0.3 is 0 Å². The van der Waals surface area contributed by atoms with Crippen molar-refractivity contribution in [3.63, 3.8) is 0 Å². The molecule has 0 heterocycles. The van der Waals surface area contributed by atoms with Crippen LogP contribution in [0.3, 0.4) is 0 Å². The van der Waals surface area contributed by atoms with Gasteiger partial charge in [0.2, 0.25) is 0 Å². The zero-order valence-electron chi connectivity index (χ0n) is 11.5. The van der Waals surface area contributed by atoms with Crippen molar-refractivity contribution in [2.45, 2.75) is 46.1 Å². The van der Waals surface area contributed by atoms with Crippen molar-refractivity contribution in [1.82, 2.24) is 5.32 Å². The number of nitrogens with one attached hydrogen (secondary N) is 1. The summed E-state index contributed by atoms with van der Waals surface area (Å²) in [5, 5.41) is 3.51. The SMILES string of the molecule is CCNC(CCC(C)C)Cc1ccc(F)c(Br)c1. The molecule has 0 fully saturated rings. The van der Waals surface area contributed by atoms with Gasteiger partial charge in [0.25, 0.3) is 0 Å². The van der Waals surface area contributed by atoms with E-state index < -0.39 is 0 Å². The molecule has 102 valence electrons. The molecule has 1 aromatic rings. The van der Waals surface area contributed by atoms with Gasteiger partial charge in [-0.05, 0) is 65.4 Å². The van der Waals surface area contributed by atoms with E-state index in [2.05, 4.69) is 42.0 Å². The molecule has 0 saturated heterocycles. The molecule has 18 heavy (non-hydrogen) atoms. The van der Waals surface area contributed by atoms with Gasteiger partial charge in [0.15, 0.2) is 0 Å². The summed E-state index contributed by atoms with van der Waals surface area (Å²) in [6.45, 7) is 7.60. The van der Waals surface area contributed by atoms with Crippen molar-refractivity contribution >= 4 is 15.9 Å². The second-order valence-electron chi connectivity index (χ2n) is 5.18. The first kappa shape index (κ1) is 15.6. The van der Waals surface area contributed by atoms with Crippen LogP contribution in [-0.4, -0.2) is 12.6 Å². The Morgan fingerprint density at radius 2 is 2.00 bits per heavy atom. The Morgan fingerprint density at radius 3 is 2.56 bits per heavy atom. The maximum atomic E-state index is 13.2. The van der Waals surface area contributed by atoms with E-state index in [1.807, 2.05) is 12.1 Å². The second-order valence-corrected chi connectivity index (χ2v) is 6.03. The van der Waals surface area contributed by atoms with E-state index in [0.717, 1.165) is 18.9 Å². The molecular weight excluding hydrogens is 293 g/mol. The lowest BCUT2D eigenvalue weighted by Gasteiger charge is -2.19. The highest BCUT2D eigenvalue weighted by Crippen LogP contribution is 2.19. The molecule has 0 aliphatic rings. The van der Waals surface area contributed by atoms with Crippen molar-refractivity contribution in [1.29, 1.82) is 0 Å². The maximum absolute atomic E-state index is 13.2. The lowest BCUT2D eigenvalue weighted by Crippen LogP contribution is -2.31. The molecular formula is C15H23BrFN. The molecule has 0 saturated carbocycles. The first-order valence-electron chi connectivity index (χ1n) is 6.70. The summed E-state index contributed by atoms with van der Waals surface area (Å²) in [5.41, 5.74) is 1.18. The lowest BCUT2D eigenvalue weighted by atomic mass is 9.98. The minimum absolute atomic E-state index is 0.194. The number of benzene rings is 1. The molecule has 1 aromatic carbocycles. The van der Waals surface area contributed by atoms with Crippen LogP contribution < -0.4 is 5.32 Å². The van der Waals surface area contributed by atoms with Crippen LogP contribution in [0, 0.1) is 11.7 Å². The Hall–Kier alpha value is -0.410. The topological polar surface area (TPSA) is 12.0 Å². The quantitative estimate of drug-likeness (QED) is 0.778. The standard InChI is InChI=1S/C15H23BrFN/c1-4-18-13(7-5-11(2)3)9-12-6-8-15(17)14(16)10-12/h6,8,10-11,13,18H,4-5,7,9H2,1-3H3. The second kappa shape index (κ2) is 7.90. The number of hydrogen-bond donors (Lipinski definition) is 1. The Morgan fingerprint density at radius 1 is 1.28 bits per heavy atom. The predicted octanol–water partition coefficient (Wildman–Crippen LogP) is 4.55. The first-order valence-corrected chi connectivity index (χ1v) is 7.49. The van der Waals surface area contributed by atoms with E-state index in [0.29, 0.717) is 10.5 Å². The molecule has 0 amide bonds. The van der Waals surface area contributed by atoms with Gasteiger partial charge in [-0.3, -0.25) is 0 Å². The third-order valence-corrected chi connectivity index (χ3v) is 3.66. The Bertz CT molecular complexity index is 366. The van der Waals surface area contributed by atoms with Crippen molar-refractivity contribution in [3.05, 3.63) is 34.1 Å². The summed E-state index contributed by atoms with van der Waals surface area (Å²) in [6, 6.07) is 5.77. The minimum Gasteiger partial charge on any atom is -0.314 e. The summed E-state index contributed by atoms with van der Waals surface area (Å²) in [5.74, 6) is 0.534. The zero-order valence-corrected chi connectivity index (χ0v) is 13.1. The minimum atomic E-state index is -0.194. The van der Waals surface area contributed by atoms with Gasteiger partial charge in [0.1, 0.15) is 5.82 Å². The highest BCUT2D eigenvalue weighted by Gasteiger charge is 2.10. The molecule has 1 unspecified atom stereocenters. The molecule has 0 radical (unpaired) electrons. The van der Waals surface area contributed by atoms with Crippen LogP contribution in [0.25, 0.3) is 0 Å². The number of hydrogen-bond acceptors (Lipinski definition) is 1.